The van der Waals surface area contributed by atoms with Crippen LogP contribution in [0, 0.1) is 18.8 Å². The van der Waals surface area contributed by atoms with Gasteiger partial charge in [-0.05, 0) is 94.0 Å². The summed E-state index contributed by atoms with van der Waals surface area (Å²) in [5.74, 6) is -0.0194. The summed E-state index contributed by atoms with van der Waals surface area (Å²) < 4.78 is 71.1. The number of sulfonamides is 1. The van der Waals surface area contributed by atoms with E-state index in [-0.39, 0.29) is 23.6 Å². The molecule has 0 bridgehead atoms. The monoisotopic (exact) mass is 916 g/mol. The van der Waals surface area contributed by atoms with E-state index in [9.17, 15) is 40.8 Å². The number of nitrogens with zero attached hydrogens (tertiary/aromatic N) is 2. The molecule has 2 aliphatic carbocycles. The topological polar surface area (TPSA) is 180 Å². The number of aryl methyl sites for hydroxylation is 1. The number of carbonyl (C=O) groups is 3. The summed E-state index contributed by atoms with van der Waals surface area (Å²) in [6.45, 7) is 16.3. The fourth-order valence-corrected chi connectivity index (χ4v) is 9.71. The minimum Gasteiger partial charge on any atom is -0.496 e. The lowest BCUT2D eigenvalue weighted by atomic mass is 10.1. The van der Waals surface area contributed by atoms with Gasteiger partial charge in [-0.2, -0.15) is 13.2 Å². The molecule has 3 aliphatic rings. The number of hydrogen-bond acceptors (Lipinski definition) is 10. The molecule has 4 aromatic rings. The Morgan fingerprint density at radius 2 is 1.73 bits per heavy atom. The Morgan fingerprint density at radius 3 is 2.30 bits per heavy atom. The van der Waals surface area contributed by atoms with Crippen LogP contribution in [0.4, 0.5) is 18.9 Å². The highest BCUT2D eigenvalue weighted by Gasteiger charge is 2.62. The Labute approximate surface area is 371 Å². The number of rotatable bonds is 12. The molecule has 63 heavy (non-hydrogen) atoms. The number of fused-ring (bicyclic) bond motifs is 1. The number of anilines is 1. The number of likely N-dealkylation sites (tertiary alicyclic amines) is 1. The van der Waals surface area contributed by atoms with Crippen molar-refractivity contribution in [3.63, 3.8) is 0 Å². The van der Waals surface area contributed by atoms with Crippen molar-refractivity contribution in [2.24, 2.45) is 11.8 Å². The third kappa shape index (κ3) is 11.8. The predicted molar refractivity (Wildman–Crippen MR) is 240 cm³/mol. The average molecular weight is 917 g/mol. The van der Waals surface area contributed by atoms with Gasteiger partial charge in [0.25, 0.3) is 5.91 Å². The Kier molecular flexibility index (Phi) is 15.4. The standard InChI is InChI=1S/C24H31F3N4O5S.C17H18N2O2S.C4H10/c1-3-15-13-23(15,22(34)30-37(35,36)18-9-10-18)29-20(32)19-8-5-11-31(19)21(33)14(2)28-17-7-4-6-16(12-17)24(25,26)27;1-9(2)13-8-22-17(19-13)12-7-14(20)11-5-6-15(21-4)10(3)16(11)18-12;1-4(2)3/h4,6-7,12,14-15,18-19,28H,3,5,8-11,13H2,1-2H3,(H,29,32)(H,30,34);5-9H,1-4H3,(H,18,20);4H,1-3H3/t14-,15?,19?,23+;;/m0../s1. The van der Waals surface area contributed by atoms with Crippen LogP contribution in [0.2, 0.25) is 0 Å². The Bertz CT molecular complexity index is 2460. The second-order valence-corrected chi connectivity index (χ2v) is 20.2. The molecule has 2 aromatic carbocycles. The molecule has 4 atom stereocenters. The van der Waals surface area contributed by atoms with Crippen molar-refractivity contribution in [3.05, 3.63) is 74.9 Å². The molecule has 1 aliphatic heterocycles. The van der Waals surface area contributed by atoms with Crippen LogP contribution >= 0.6 is 11.3 Å². The van der Waals surface area contributed by atoms with Crippen LogP contribution in [0.25, 0.3) is 21.6 Å². The van der Waals surface area contributed by atoms with Gasteiger partial charge in [0.05, 0.1) is 34.8 Å². The van der Waals surface area contributed by atoms with E-state index >= 15 is 0 Å². The van der Waals surface area contributed by atoms with Gasteiger partial charge in [0.1, 0.15) is 28.4 Å². The number of halogens is 3. The molecule has 3 heterocycles. The lowest BCUT2D eigenvalue weighted by Crippen LogP contribution is -2.57. The number of H-pyrrole nitrogens is 1. The van der Waals surface area contributed by atoms with E-state index in [4.69, 9.17) is 4.74 Å². The molecule has 13 nitrogen and oxygen atoms in total. The molecule has 18 heteroatoms. The molecule has 7 rings (SSSR count). The number of aromatic amines is 1. The van der Waals surface area contributed by atoms with Gasteiger partial charge in [0, 0.05) is 34.6 Å². The minimum atomic E-state index is -4.53. The molecule has 4 N–H and O–H groups in total. The van der Waals surface area contributed by atoms with Crippen LogP contribution < -0.4 is 25.5 Å². The number of carbonyl (C=O) groups excluding carboxylic acids is 3. The van der Waals surface area contributed by atoms with Gasteiger partial charge < -0.3 is 25.3 Å². The quantitative estimate of drug-likeness (QED) is 0.109. The van der Waals surface area contributed by atoms with Crippen LogP contribution in [0.1, 0.15) is 110 Å². The lowest BCUT2D eigenvalue weighted by Gasteiger charge is -2.29. The van der Waals surface area contributed by atoms with Crippen LogP contribution in [-0.2, 0) is 30.6 Å². The molecule has 3 amide bonds. The largest absolute Gasteiger partial charge is 0.496 e. The Morgan fingerprint density at radius 1 is 1.05 bits per heavy atom. The van der Waals surface area contributed by atoms with E-state index in [1.807, 2.05) is 25.3 Å². The molecule has 344 valence electrons. The number of amides is 3. The molecule has 0 spiro atoms. The zero-order valence-electron chi connectivity index (χ0n) is 37.2. The van der Waals surface area contributed by atoms with Gasteiger partial charge in [0.2, 0.25) is 21.8 Å². The Balaban J connectivity index is 0.000000243. The summed E-state index contributed by atoms with van der Waals surface area (Å²) in [5.41, 5.74) is 1.46. The summed E-state index contributed by atoms with van der Waals surface area (Å²) in [6, 6.07) is 7.96. The summed E-state index contributed by atoms with van der Waals surface area (Å²) in [5, 5.41) is 8.47. The minimum absolute atomic E-state index is 0.00389. The third-order valence-electron chi connectivity index (χ3n) is 11.1. The molecule has 3 fully saturated rings. The van der Waals surface area contributed by atoms with Gasteiger partial charge in [-0.3, -0.25) is 23.9 Å². The third-order valence-corrected chi connectivity index (χ3v) is 13.8. The number of benzene rings is 2. The second kappa shape index (κ2) is 19.8. The van der Waals surface area contributed by atoms with Crippen molar-refractivity contribution in [1.82, 2.24) is 24.9 Å². The maximum atomic E-state index is 13.2. The SMILES string of the molecule is CC(C)C.CCC1C[C@]1(NC(=O)C1CCCN1C(=O)[C@H](C)Nc1cccc(C(F)(F)F)c1)C(=O)NS(=O)(=O)C1CC1.COc1ccc2c(=O)cc(-c3nc(C(C)C)cs3)[nH]c2c1C. The summed E-state index contributed by atoms with van der Waals surface area (Å²) in [6.07, 6.45) is -1.80. The first-order valence-corrected chi connectivity index (χ1v) is 23.7. The number of thiazole rings is 1. The first kappa shape index (κ1) is 49.1. The van der Waals surface area contributed by atoms with Crippen LogP contribution in [0.5, 0.6) is 5.75 Å². The van der Waals surface area contributed by atoms with Gasteiger partial charge in [-0.25, -0.2) is 13.4 Å². The molecule has 0 radical (unpaired) electrons. The van der Waals surface area contributed by atoms with E-state index in [0.717, 1.165) is 51.3 Å². The molecule has 2 saturated carbocycles. The van der Waals surface area contributed by atoms with Crippen LogP contribution in [0.15, 0.2) is 52.6 Å². The first-order chi connectivity index (χ1) is 29.5. The average Bonchev–Trinajstić information content (AvgIpc) is 4.08. The molecule has 2 aromatic heterocycles. The van der Waals surface area contributed by atoms with Crippen molar-refractivity contribution in [2.75, 3.05) is 19.0 Å². The highest BCUT2D eigenvalue weighted by atomic mass is 32.2. The van der Waals surface area contributed by atoms with Crippen molar-refractivity contribution in [3.8, 4) is 16.5 Å². The van der Waals surface area contributed by atoms with Crippen molar-refractivity contribution in [1.29, 1.82) is 0 Å². The lowest BCUT2D eigenvalue weighted by molar-refractivity contribution is -0.140. The van der Waals surface area contributed by atoms with Crippen molar-refractivity contribution in [2.45, 2.75) is 129 Å². The van der Waals surface area contributed by atoms with Crippen LogP contribution in [0.3, 0.4) is 0 Å². The summed E-state index contributed by atoms with van der Waals surface area (Å²) >= 11 is 1.55. The first-order valence-electron chi connectivity index (χ1n) is 21.3. The van der Waals surface area contributed by atoms with E-state index < -0.39 is 62.4 Å². The highest BCUT2D eigenvalue weighted by Crippen LogP contribution is 2.47. The van der Waals surface area contributed by atoms with E-state index in [2.05, 4.69) is 59.9 Å². The second-order valence-electron chi connectivity index (χ2n) is 17.4. The molecular weight excluding hydrogens is 858 g/mol. The maximum absolute atomic E-state index is 13.2. The van der Waals surface area contributed by atoms with Crippen molar-refractivity contribution < 1.29 is 40.7 Å². The predicted octanol–water partition coefficient (Wildman–Crippen LogP) is 8.14. The molecule has 2 unspecified atom stereocenters. The van der Waals surface area contributed by atoms with E-state index in [1.54, 1.807) is 30.6 Å². The number of alkyl halides is 3. The fraction of sp³-hybridized carbons (Fsp3) is 0.533. The number of nitrogens with one attached hydrogen (secondary N) is 4. The Hall–Kier alpha value is -4.97. The number of aromatic nitrogens is 2. The fourth-order valence-electron chi connectivity index (χ4n) is 7.39. The summed E-state index contributed by atoms with van der Waals surface area (Å²) in [4.78, 5) is 61.1. The number of pyridine rings is 1. The van der Waals surface area contributed by atoms with Gasteiger partial charge >= 0.3 is 6.18 Å². The highest BCUT2D eigenvalue weighted by molar-refractivity contribution is 7.91. The molecule has 1 saturated heterocycles. The number of methoxy groups -OCH3 is 1. The smallest absolute Gasteiger partial charge is 0.416 e. The van der Waals surface area contributed by atoms with Gasteiger partial charge in [-0.15, -0.1) is 11.3 Å². The zero-order chi connectivity index (χ0) is 46.6. The number of ether oxygens (including phenoxy) is 1. The van der Waals surface area contributed by atoms with E-state index in [0.29, 0.717) is 49.8 Å². The van der Waals surface area contributed by atoms with Crippen molar-refractivity contribution >= 4 is 55.7 Å². The van der Waals surface area contributed by atoms with E-state index in [1.165, 1.54) is 24.0 Å². The molecular formula is C45H59F3N6O7S2. The maximum Gasteiger partial charge on any atom is 0.416 e. The van der Waals surface area contributed by atoms with Gasteiger partial charge in [0.15, 0.2) is 5.43 Å². The number of hydrogen-bond donors (Lipinski definition) is 4. The van der Waals surface area contributed by atoms with Gasteiger partial charge in [-0.1, -0.05) is 54.0 Å². The normalized spacial score (nSPS) is 20.0. The van der Waals surface area contributed by atoms with Crippen LogP contribution in [-0.4, -0.2) is 77.5 Å². The zero-order valence-corrected chi connectivity index (χ0v) is 38.9. The summed E-state index contributed by atoms with van der Waals surface area (Å²) in [7, 11) is -2.16.